The first-order valence-electron chi connectivity index (χ1n) is 10.1. The molecule has 2 aliphatic rings. The third-order valence-electron chi connectivity index (χ3n) is 5.05. The van der Waals surface area contributed by atoms with Gasteiger partial charge in [-0.15, -0.1) is 0 Å². The maximum absolute atomic E-state index is 5.45. The summed E-state index contributed by atoms with van der Waals surface area (Å²) in [7, 11) is 3.23. The monoisotopic (exact) mass is 413 g/mol. The van der Waals surface area contributed by atoms with Crippen molar-refractivity contribution in [3.63, 3.8) is 0 Å². The maximum atomic E-state index is 5.45. The minimum absolute atomic E-state index is 0.416. The van der Waals surface area contributed by atoms with Gasteiger partial charge in [0.15, 0.2) is 0 Å². The Bertz CT molecular complexity index is 858. The Hall–Kier alpha value is -3.14. The summed E-state index contributed by atoms with van der Waals surface area (Å²) in [6.45, 7) is 4.77. The van der Waals surface area contributed by atoms with E-state index in [9.17, 15) is 0 Å². The molecule has 10 heteroatoms. The topological polar surface area (TPSA) is 97.2 Å². The zero-order valence-electron chi connectivity index (χ0n) is 17.4. The van der Waals surface area contributed by atoms with Crippen LogP contribution in [0, 0.1) is 0 Å². The van der Waals surface area contributed by atoms with Crippen molar-refractivity contribution in [1.29, 1.82) is 0 Å². The van der Waals surface area contributed by atoms with Gasteiger partial charge in [0.25, 0.3) is 0 Å². The fourth-order valence-corrected chi connectivity index (χ4v) is 3.44. The van der Waals surface area contributed by atoms with Crippen molar-refractivity contribution in [3.05, 3.63) is 23.8 Å². The van der Waals surface area contributed by atoms with Gasteiger partial charge in [-0.25, -0.2) is 5.43 Å². The molecule has 2 fully saturated rings. The Morgan fingerprint density at radius 3 is 2.10 bits per heavy atom. The fourth-order valence-electron chi connectivity index (χ4n) is 3.44. The predicted molar refractivity (Wildman–Crippen MR) is 115 cm³/mol. The zero-order valence-corrected chi connectivity index (χ0v) is 17.4. The lowest BCUT2D eigenvalue weighted by Gasteiger charge is -2.27. The summed E-state index contributed by atoms with van der Waals surface area (Å²) < 4.78 is 16.1. The Labute approximate surface area is 175 Å². The standard InChI is InChI=1S/C20H27N7O3/c1-28-16-11-15(12-17(13-16)29-2)14-21-25-18-22-19(26-5-3-4-6-26)24-20(23-18)27-7-9-30-10-8-27/h11-14H,3-10H2,1-2H3,(H,22,23,24,25)/b21-14+. The van der Waals surface area contributed by atoms with Crippen LogP contribution in [0.3, 0.4) is 0 Å². The van der Waals surface area contributed by atoms with Gasteiger partial charge in [0, 0.05) is 37.8 Å². The molecule has 3 heterocycles. The van der Waals surface area contributed by atoms with Gasteiger partial charge < -0.3 is 24.0 Å². The lowest BCUT2D eigenvalue weighted by Crippen LogP contribution is -2.38. The van der Waals surface area contributed by atoms with Crippen molar-refractivity contribution in [2.45, 2.75) is 12.8 Å². The van der Waals surface area contributed by atoms with Crippen molar-refractivity contribution in [2.75, 3.05) is 68.8 Å². The Balaban J connectivity index is 1.55. The number of nitrogens with one attached hydrogen (secondary N) is 1. The van der Waals surface area contributed by atoms with E-state index < -0.39 is 0 Å². The normalized spacial score (nSPS) is 16.9. The Morgan fingerprint density at radius 1 is 0.900 bits per heavy atom. The second-order valence-corrected chi connectivity index (χ2v) is 7.07. The molecule has 2 saturated heterocycles. The molecule has 1 aromatic heterocycles. The van der Waals surface area contributed by atoms with Crippen LogP contribution < -0.4 is 24.7 Å². The third kappa shape index (κ3) is 4.88. The molecule has 1 N–H and O–H groups in total. The van der Waals surface area contributed by atoms with Crippen LogP contribution in [0.2, 0.25) is 0 Å². The Kier molecular flexibility index (Phi) is 6.43. The molecule has 10 nitrogen and oxygen atoms in total. The molecule has 0 bridgehead atoms. The first-order chi connectivity index (χ1) is 14.7. The number of hydrazone groups is 1. The van der Waals surface area contributed by atoms with Crippen LogP contribution >= 0.6 is 0 Å². The fraction of sp³-hybridized carbons (Fsp3) is 0.500. The number of hydrogen-bond donors (Lipinski definition) is 1. The van der Waals surface area contributed by atoms with Crippen LogP contribution in [-0.2, 0) is 4.74 Å². The first kappa shape index (κ1) is 20.1. The van der Waals surface area contributed by atoms with E-state index in [1.807, 2.05) is 18.2 Å². The van der Waals surface area contributed by atoms with Gasteiger partial charge in [-0.1, -0.05) is 0 Å². The number of hydrogen-bond acceptors (Lipinski definition) is 10. The number of methoxy groups -OCH3 is 2. The van der Waals surface area contributed by atoms with E-state index in [-0.39, 0.29) is 0 Å². The average molecular weight is 413 g/mol. The molecule has 0 spiro atoms. The smallest absolute Gasteiger partial charge is 0.250 e. The van der Waals surface area contributed by atoms with E-state index in [0.717, 1.165) is 44.6 Å². The van der Waals surface area contributed by atoms with Gasteiger partial charge in [-0.05, 0) is 25.0 Å². The van der Waals surface area contributed by atoms with E-state index >= 15 is 0 Å². The van der Waals surface area contributed by atoms with Crippen molar-refractivity contribution in [3.8, 4) is 11.5 Å². The largest absolute Gasteiger partial charge is 0.497 e. The van der Waals surface area contributed by atoms with Crippen LogP contribution in [0.1, 0.15) is 18.4 Å². The molecule has 160 valence electrons. The molecule has 1 aromatic carbocycles. The van der Waals surface area contributed by atoms with Crippen molar-refractivity contribution < 1.29 is 14.2 Å². The molecule has 30 heavy (non-hydrogen) atoms. The lowest BCUT2D eigenvalue weighted by molar-refractivity contribution is 0.122. The predicted octanol–water partition coefficient (Wildman–Crippen LogP) is 1.77. The van der Waals surface area contributed by atoms with E-state index in [4.69, 9.17) is 19.2 Å². The second kappa shape index (κ2) is 9.57. The van der Waals surface area contributed by atoms with Crippen molar-refractivity contribution >= 4 is 24.1 Å². The summed E-state index contributed by atoms with van der Waals surface area (Å²) in [6, 6.07) is 5.56. The molecule has 0 saturated carbocycles. The molecule has 0 aliphatic carbocycles. The first-order valence-corrected chi connectivity index (χ1v) is 10.1. The highest BCUT2D eigenvalue weighted by Crippen LogP contribution is 2.22. The highest BCUT2D eigenvalue weighted by molar-refractivity contribution is 5.81. The number of nitrogens with zero attached hydrogens (tertiary/aromatic N) is 6. The summed E-state index contributed by atoms with van der Waals surface area (Å²) >= 11 is 0. The maximum Gasteiger partial charge on any atom is 0.250 e. The molecule has 0 atom stereocenters. The van der Waals surface area contributed by atoms with E-state index in [1.165, 1.54) is 0 Å². The molecule has 4 rings (SSSR count). The highest BCUT2D eigenvalue weighted by atomic mass is 16.5. The number of ether oxygens (including phenoxy) is 3. The summed E-state index contributed by atoms with van der Waals surface area (Å²) in [6.07, 6.45) is 3.98. The summed E-state index contributed by atoms with van der Waals surface area (Å²) in [5, 5.41) is 4.32. The molecule has 0 unspecified atom stereocenters. The van der Waals surface area contributed by atoms with Crippen molar-refractivity contribution in [2.24, 2.45) is 5.10 Å². The van der Waals surface area contributed by atoms with Gasteiger partial charge in [-0.2, -0.15) is 20.1 Å². The summed E-state index contributed by atoms with van der Waals surface area (Å²) in [4.78, 5) is 18.2. The van der Waals surface area contributed by atoms with Crippen molar-refractivity contribution in [1.82, 2.24) is 15.0 Å². The molecule has 0 radical (unpaired) electrons. The lowest BCUT2D eigenvalue weighted by atomic mass is 10.2. The SMILES string of the molecule is COc1cc(/C=N/Nc2nc(N3CCCC3)nc(N3CCOCC3)n2)cc(OC)c1. The van der Waals surface area contributed by atoms with E-state index in [2.05, 4.69) is 30.3 Å². The van der Waals surface area contributed by atoms with Gasteiger partial charge in [0.2, 0.25) is 17.8 Å². The molecule has 2 aromatic rings. The zero-order chi connectivity index (χ0) is 20.8. The number of anilines is 3. The van der Waals surface area contributed by atoms with Gasteiger partial charge >= 0.3 is 0 Å². The number of morpholine rings is 1. The number of benzene rings is 1. The number of aromatic nitrogens is 3. The van der Waals surface area contributed by atoms with Gasteiger partial charge in [0.05, 0.1) is 33.6 Å². The minimum atomic E-state index is 0.416. The summed E-state index contributed by atoms with van der Waals surface area (Å²) in [5.41, 5.74) is 3.79. The number of rotatable bonds is 7. The molecule has 0 amide bonds. The third-order valence-corrected chi connectivity index (χ3v) is 5.05. The average Bonchev–Trinajstić information content (AvgIpc) is 3.34. The Morgan fingerprint density at radius 2 is 1.50 bits per heavy atom. The van der Waals surface area contributed by atoms with Crippen LogP contribution in [0.15, 0.2) is 23.3 Å². The molecule has 2 aliphatic heterocycles. The van der Waals surface area contributed by atoms with E-state index in [0.29, 0.717) is 42.6 Å². The minimum Gasteiger partial charge on any atom is -0.497 e. The summed E-state index contributed by atoms with van der Waals surface area (Å²) in [5.74, 6) is 3.14. The quantitative estimate of drug-likeness (QED) is 0.538. The molecular weight excluding hydrogens is 386 g/mol. The van der Waals surface area contributed by atoms with E-state index in [1.54, 1.807) is 20.4 Å². The van der Waals surface area contributed by atoms with Crippen LogP contribution in [0.4, 0.5) is 17.8 Å². The van der Waals surface area contributed by atoms with Gasteiger partial charge in [0.1, 0.15) is 11.5 Å². The van der Waals surface area contributed by atoms with Gasteiger partial charge in [-0.3, -0.25) is 0 Å². The molecular formula is C20H27N7O3. The van der Waals surface area contributed by atoms with Crippen LogP contribution in [0.25, 0.3) is 0 Å². The van der Waals surface area contributed by atoms with Crippen LogP contribution in [0.5, 0.6) is 11.5 Å². The van der Waals surface area contributed by atoms with Crippen LogP contribution in [-0.4, -0.2) is 74.8 Å². The second-order valence-electron chi connectivity index (χ2n) is 7.07. The highest BCUT2D eigenvalue weighted by Gasteiger charge is 2.21.